The summed E-state index contributed by atoms with van der Waals surface area (Å²) in [7, 11) is 5.12. The number of carbonyl (C=O) groups is 2. The first-order valence-corrected chi connectivity index (χ1v) is 8.15. The van der Waals surface area contributed by atoms with Crippen LogP contribution in [0.4, 0.5) is 5.69 Å². The van der Waals surface area contributed by atoms with Gasteiger partial charge in [0.05, 0.1) is 21.3 Å². The summed E-state index contributed by atoms with van der Waals surface area (Å²) >= 11 is 0. The molecule has 7 heteroatoms. The fourth-order valence-electron chi connectivity index (χ4n) is 2.60. The maximum Gasteiger partial charge on any atom is 0.279 e. The second-order valence-electron chi connectivity index (χ2n) is 5.99. The molecule has 0 saturated carbocycles. The number of quaternary nitrogens is 1. The smallest absolute Gasteiger partial charge is 0.279 e. The highest BCUT2D eigenvalue weighted by atomic mass is 16.5. The summed E-state index contributed by atoms with van der Waals surface area (Å²) in [5.41, 5.74) is 7.26. The van der Waals surface area contributed by atoms with Crippen molar-refractivity contribution >= 4 is 17.5 Å². The molecule has 26 heavy (non-hydrogen) atoms. The summed E-state index contributed by atoms with van der Waals surface area (Å²) in [6.45, 7) is 0.959. The average Bonchev–Trinajstić information content (AvgIpc) is 2.61. The Hall–Kier alpha value is -3.06. The number of benzene rings is 2. The molecule has 2 aromatic rings. The first-order chi connectivity index (χ1) is 12.4. The zero-order valence-electron chi connectivity index (χ0n) is 15.2. The Bertz CT molecular complexity index is 775. The van der Waals surface area contributed by atoms with E-state index in [4.69, 9.17) is 15.2 Å². The zero-order chi connectivity index (χ0) is 19.1. The number of primary amides is 1. The summed E-state index contributed by atoms with van der Waals surface area (Å²) in [5, 5.41) is 2.81. The minimum atomic E-state index is -0.498. The molecule has 2 rings (SSSR count). The molecule has 0 spiro atoms. The van der Waals surface area contributed by atoms with Crippen LogP contribution in [0.25, 0.3) is 0 Å². The Morgan fingerprint density at radius 3 is 2.27 bits per heavy atom. The lowest BCUT2D eigenvalue weighted by atomic mass is 10.2. The van der Waals surface area contributed by atoms with E-state index in [0.717, 1.165) is 10.5 Å². The second kappa shape index (κ2) is 8.87. The Morgan fingerprint density at radius 2 is 1.69 bits per heavy atom. The molecule has 0 heterocycles. The fraction of sp³-hybridized carbons (Fsp3) is 0.263. The number of hydrogen-bond donors (Lipinski definition) is 3. The van der Waals surface area contributed by atoms with E-state index in [1.807, 2.05) is 25.2 Å². The Kier molecular flexibility index (Phi) is 6.57. The van der Waals surface area contributed by atoms with Crippen molar-refractivity contribution < 1.29 is 24.0 Å². The summed E-state index contributed by atoms with van der Waals surface area (Å²) in [6, 6.07) is 12.2. The average molecular weight is 358 g/mol. The van der Waals surface area contributed by atoms with E-state index >= 15 is 0 Å². The molecule has 0 aliphatic heterocycles. The number of carbonyl (C=O) groups excluding carboxylic acids is 2. The van der Waals surface area contributed by atoms with Crippen molar-refractivity contribution in [1.82, 2.24) is 0 Å². The van der Waals surface area contributed by atoms with Crippen molar-refractivity contribution in [2.75, 3.05) is 33.1 Å². The molecule has 0 radical (unpaired) electrons. The van der Waals surface area contributed by atoms with Gasteiger partial charge in [0.15, 0.2) is 18.0 Å². The predicted molar refractivity (Wildman–Crippen MR) is 98.6 cm³/mol. The number of nitrogens with two attached hydrogens (primary N) is 1. The number of hydrogen-bond acceptors (Lipinski definition) is 4. The Labute approximate surface area is 152 Å². The standard InChI is InChI=1S/C19H23N3O4/c1-22(11-13-4-9-16(25-2)17(10-13)26-3)12-18(23)21-15-7-5-14(6-8-15)19(20)24/h4-10H,11-12H2,1-3H3,(H2,20,24)(H,21,23)/p+1. The third-order valence-electron chi connectivity index (χ3n) is 3.87. The summed E-state index contributed by atoms with van der Waals surface area (Å²) in [4.78, 5) is 24.3. The molecule has 2 aromatic carbocycles. The van der Waals surface area contributed by atoms with Gasteiger partial charge in [-0.3, -0.25) is 9.59 Å². The number of likely N-dealkylation sites (N-methyl/N-ethyl adjacent to an activating group) is 1. The van der Waals surface area contributed by atoms with Gasteiger partial charge < -0.3 is 25.4 Å². The molecule has 7 nitrogen and oxygen atoms in total. The van der Waals surface area contributed by atoms with Gasteiger partial charge in [-0.25, -0.2) is 0 Å². The van der Waals surface area contributed by atoms with Gasteiger partial charge in [-0.2, -0.15) is 0 Å². The lowest BCUT2D eigenvalue weighted by molar-refractivity contribution is -0.885. The minimum absolute atomic E-state index is 0.116. The van der Waals surface area contributed by atoms with Crippen molar-refractivity contribution in [2.45, 2.75) is 6.54 Å². The van der Waals surface area contributed by atoms with Crippen LogP contribution in [0.2, 0.25) is 0 Å². The third-order valence-corrected chi connectivity index (χ3v) is 3.87. The van der Waals surface area contributed by atoms with E-state index in [9.17, 15) is 9.59 Å². The molecule has 0 saturated heterocycles. The molecular formula is C19H24N3O4+. The van der Waals surface area contributed by atoms with E-state index in [-0.39, 0.29) is 5.91 Å². The Morgan fingerprint density at radius 1 is 1.04 bits per heavy atom. The lowest BCUT2D eigenvalue weighted by Crippen LogP contribution is -3.08. The second-order valence-corrected chi connectivity index (χ2v) is 5.99. The number of rotatable bonds is 8. The molecule has 0 bridgehead atoms. The van der Waals surface area contributed by atoms with Crippen LogP contribution in [0.3, 0.4) is 0 Å². The molecular weight excluding hydrogens is 334 g/mol. The van der Waals surface area contributed by atoms with Gasteiger partial charge in [0.2, 0.25) is 5.91 Å². The number of nitrogens with one attached hydrogen (secondary N) is 2. The van der Waals surface area contributed by atoms with Gasteiger partial charge in [0.1, 0.15) is 6.54 Å². The van der Waals surface area contributed by atoms with Gasteiger partial charge in [0, 0.05) is 16.8 Å². The number of methoxy groups -OCH3 is 2. The van der Waals surface area contributed by atoms with Crippen LogP contribution in [0.1, 0.15) is 15.9 Å². The number of ether oxygens (including phenoxy) is 2. The highest BCUT2D eigenvalue weighted by Crippen LogP contribution is 2.27. The van der Waals surface area contributed by atoms with Gasteiger partial charge >= 0.3 is 0 Å². The quantitative estimate of drug-likeness (QED) is 0.639. The van der Waals surface area contributed by atoms with Crippen molar-refractivity contribution in [3.63, 3.8) is 0 Å². The first-order valence-electron chi connectivity index (χ1n) is 8.15. The molecule has 4 N–H and O–H groups in total. The van der Waals surface area contributed by atoms with Crippen LogP contribution in [-0.4, -0.2) is 39.6 Å². The van der Waals surface area contributed by atoms with Crippen molar-refractivity contribution in [3.8, 4) is 11.5 Å². The van der Waals surface area contributed by atoms with Crippen LogP contribution in [-0.2, 0) is 11.3 Å². The number of anilines is 1. The van der Waals surface area contributed by atoms with Crippen molar-refractivity contribution in [3.05, 3.63) is 53.6 Å². The van der Waals surface area contributed by atoms with Crippen LogP contribution < -0.4 is 25.4 Å². The fourth-order valence-corrected chi connectivity index (χ4v) is 2.60. The SMILES string of the molecule is COc1ccc(C[NH+](C)CC(=O)Nc2ccc(C(N)=O)cc2)cc1OC. The van der Waals surface area contributed by atoms with Gasteiger partial charge in [-0.15, -0.1) is 0 Å². The summed E-state index contributed by atoms with van der Waals surface area (Å²) < 4.78 is 10.5. The monoisotopic (exact) mass is 358 g/mol. The van der Waals surface area contributed by atoms with E-state index < -0.39 is 5.91 Å². The van der Waals surface area contributed by atoms with Gasteiger partial charge in [0.25, 0.3) is 5.91 Å². The van der Waals surface area contributed by atoms with Gasteiger partial charge in [-0.1, -0.05) is 0 Å². The van der Waals surface area contributed by atoms with Crippen LogP contribution in [0, 0.1) is 0 Å². The molecule has 138 valence electrons. The molecule has 0 aromatic heterocycles. The van der Waals surface area contributed by atoms with Crippen LogP contribution in [0.15, 0.2) is 42.5 Å². The largest absolute Gasteiger partial charge is 0.493 e. The van der Waals surface area contributed by atoms with Gasteiger partial charge in [-0.05, 0) is 42.5 Å². The normalized spacial score (nSPS) is 11.5. The van der Waals surface area contributed by atoms with E-state index in [1.54, 1.807) is 38.5 Å². The molecule has 0 aliphatic carbocycles. The van der Waals surface area contributed by atoms with E-state index in [0.29, 0.717) is 35.8 Å². The molecule has 1 atom stereocenters. The molecule has 0 aliphatic rings. The molecule has 1 unspecified atom stereocenters. The topological polar surface area (TPSA) is 95.1 Å². The first kappa shape index (κ1) is 19.3. The lowest BCUT2D eigenvalue weighted by Gasteiger charge is -2.15. The number of amides is 2. The van der Waals surface area contributed by atoms with Crippen LogP contribution in [0.5, 0.6) is 11.5 Å². The minimum Gasteiger partial charge on any atom is -0.493 e. The summed E-state index contributed by atoms with van der Waals surface area (Å²) in [5.74, 6) is 0.722. The highest BCUT2D eigenvalue weighted by Gasteiger charge is 2.13. The van der Waals surface area contributed by atoms with Crippen LogP contribution >= 0.6 is 0 Å². The predicted octanol–water partition coefficient (Wildman–Crippen LogP) is 0.456. The Balaban J connectivity index is 1.91. The molecule has 2 amide bonds. The summed E-state index contributed by atoms with van der Waals surface area (Å²) in [6.07, 6.45) is 0. The van der Waals surface area contributed by atoms with Crippen molar-refractivity contribution in [2.24, 2.45) is 5.73 Å². The van der Waals surface area contributed by atoms with E-state index in [1.165, 1.54) is 0 Å². The van der Waals surface area contributed by atoms with Crippen molar-refractivity contribution in [1.29, 1.82) is 0 Å². The third kappa shape index (κ3) is 5.22. The maximum absolute atomic E-state index is 12.2. The maximum atomic E-state index is 12.2. The molecule has 0 fully saturated rings. The zero-order valence-corrected chi connectivity index (χ0v) is 15.2. The van der Waals surface area contributed by atoms with E-state index in [2.05, 4.69) is 5.32 Å². The highest BCUT2D eigenvalue weighted by molar-refractivity contribution is 5.95.